The fourth-order valence-electron chi connectivity index (χ4n) is 5.99. The summed E-state index contributed by atoms with van der Waals surface area (Å²) in [5, 5.41) is 0. The zero-order valence-electron chi connectivity index (χ0n) is 25.7. The Morgan fingerprint density at radius 2 is 1.66 bits per heavy atom. The molecule has 1 aliphatic carbocycles. The Bertz CT molecular complexity index is 1600. The van der Waals surface area contributed by atoms with Crippen LogP contribution in [-0.4, -0.2) is 47.8 Å². The highest BCUT2D eigenvalue weighted by Gasteiger charge is 2.44. The predicted octanol–water partition coefficient (Wildman–Crippen LogP) is 7.17. The molecule has 0 saturated heterocycles. The van der Waals surface area contributed by atoms with E-state index in [0.717, 1.165) is 83.5 Å². The van der Waals surface area contributed by atoms with Crippen LogP contribution in [0.5, 0.6) is 17.2 Å². The van der Waals surface area contributed by atoms with Gasteiger partial charge in [-0.3, -0.25) is 4.99 Å². The van der Waals surface area contributed by atoms with Crippen molar-refractivity contribution in [2.45, 2.75) is 57.5 Å². The van der Waals surface area contributed by atoms with Crippen molar-refractivity contribution in [1.82, 2.24) is 0 Å². The first-order valence-electron chi connectivity index (χ1n) is 15.3. The normalized spacial score (nSPS) is 19.4. The number of rotatable bonds is 8. The Kier molecular flexibility index (Phi) is 10.4. The largest absolute Gasteiger partial charge is 0.497 e. The van der Waals surface area contributed by atoms with Crippen molar-refractivity contribution >= 4 is 27.5 Å². The first kappa shape index (κ1) is 31.8. The summed E-state index contributed by atoms with van der Waals surface area (Å²) in [6.45, 7) is 2.65. The molecule has 9 heteroatoms. The van der Waals surface area contributed by atoms with E-state index in [0.29, 0.717) is 25.2 Å². The van der Waals surface area contributed by atoms with E-state index in [2.05, 4.69) is 17.1 Å². The summed E-state index contributed by atoms with van der Waals surface area (Å²) in [4.78, 5) is 10.9. The maximum Gasteiger partial charge on any atom is 0.293 e. The van der Waals surface area contributed by atoms with Crippen molar-refractivity contribution in [1.29, 1.82) is 0 Å². The molecular formula is C35H41NO7S. The average molecular weight is 620 g/mol. The van der Waals surface area contributed by atoms with Crippen LogP contribution in [0.1, 0.15) is 67.7 Å². The summed E-state index contributed by atoms with van der Waals surface area (Å²) in [6.07, 6.45) is 7.41. The number of nitrogens with zero attached hydrogens (tertiary/aromatic N) is 1. The van der Waals surface area contributed by atoms with Crippen molar-refractivity contribution in [3.05, 3.63) is 89.0 Å². The molecule has 0 aromatic heterocycles. The number of aryl methyl sites for hydroxylation is 1. The van der Waals surface area contributed by atoms with Gasteiger partial charge in [0.25, 0.3) is 10.1 Å². The summed E-state index contributed by atoms with van der Waals surface area (Å²) < 4.78 is 48.3. The van der Waals surface area contributed by atoms with Crippen LogP contribution in [0.2, 0.25) is 0 Å². The van der Waals surface area contributed by atoms with E-state index in [4.69, 9.17) is 23.4 Å². The van der Waals surface area contributed by atoms with Gasteiger partial charge in [0.15, 0.2) is 5.60 Å². The minimum absolute atomic E-state index is 0.217. The third-order valence-electron chi connectivity index (χ3n) is 8.32. The first-order valence-corrected chi connectivity index (χ1v) is 16.8. The molecule has 0 spiro atoms. The Hall–Kier alpha value is -3.66. The van der Waals surface area contributed by atoms with Crippen LogP contribution in [0.4, 0.5) is 0 Å². The fraction of sp³-hybridized carbons (Fsp3) is 0.400. The molecule has 234 valence electrons. The van der Waals surface area contributed by atoms with Gasteiger partial charge in [-0.2, -0.15) is 8.42 Å². The number of hydrogen-bond acceptors (Lipinski definition) is 8. The summed E-state index contributed by atoms with van der Waals surface area (Å²) in [6, 6.07) is 21.7. The summed E-state index contributed by atoms with van der Waals surface area (Å²) in [7, 11) is -0.643. The van der Waals surface area contributed by atoms with Gasteiger partial charge < -0.3 is 14.2 Å². The fourth-order valence-corrected chi connectivity index (χ4v) is 6.30. The van der Waals surface area contributed by atoms with Crippen molar-refractivity contribution in [3.8, 4) is 17.2 Å². The van der Waals surface area contributed by atoms with E-state index < -0.39 is 15.7 Å². The number of benzene rings is 3. The van der Waals surface area contributed by atoms with Crippen LogP contribution in [0.25, 0.3) is 11.1 Å². The van der Waals surface area contributed by atoms with E-state index >= 15 is 0 Å². The minimum atomic E-state index is -3.95. The number of ether oxygens (including phenoxy) is 3. The van der Waals surface area contributed by atoms with E-state index in [-0.39, 0.29) is 5.75 Å². The minimum Gasteiger partial charge on any atom is -0.497 e. The molecule has 8 nitrogen and oxygen atoms in total. The molecule has 2 bridgehead atoms. The molecule has 44 heavy (non-hydrogen) atoms. The maximum absolute atomic E-state index is 12.9. The summed E-state index contributed by atoms with van der Waals surface area (Å²) >= 11 is 0. The van der Waals surface area contributed by atoms with Gasteiger partial charge in [-0.25, -0.2) is 4.89 Å². The Morgan fingerprint density at radius 3 is 2.43 bits per heavy atom. The summed E-state index contributed by atoms with van der Waals surface area (Å²) in [5.41, 5.74) is 4.49. The van der Waals surface area contributed by atoms with Gasteiger partial charge in [0, 0.05) is 18.3 Å². The quantitative estimate of drug-likeness (QED) is 0.195. The molecule has 3 aliphatic rings. The number of methoxy groups -OCH3 is 2. The Morgan fingerprint density at radius 1 is 0.886 bits per heavy atom. The zero-order valence-corrected chi connectivity index (χ0v) is 26.5. The molecule has 2 heterocycles. The molecule has 0 radical (unpaired) electrons. The van der Waals surface area contributed by atoms with Gasteiger partial charge >= 0.3 is 0 Å². The standard InChI is InChI=1S/C35H41NO7S/c1-4-44(37,38)43-42-35(20-7-5-6-8-21-36-22-23-41-29-15-13-28(35)14-16-29)34-32(26-10-9-11-30(24-26)39-2)18-12-27-25-31(40-3)17-19-33(27)34/h9-11,13-17,19,22,24-25H,4-8,12,18,20-21,23H2,1-3H3. The van der Waals surface area contributed by atoms with Crippen molar-refractivity contribution in [3.63, 3.8) is 0 Å². The Balaban J connectivity index is 1.79. The zero-order chi connectivity index (χ0) is 31.0. The van der Waals surface area contributed by atoms with Crippen LogP contribution in [-0.2, 0) is 31.4 Å². The SMILES string of the molecule is CCS(=O)(=O)OOC1(C2=C(c3cccc(OC)c3)CCc3cc(OC)ccc32)CCCCCCN=CCOc2ccc1cc2. The highest BCUT2D eigenvalue weighted by Crippen LogP contribution is 2.52. The highest BCUT2D eigenvalue weighted by atomic mass is 32.2. The second kappa shape index (κ2) is 14.4. The molecular weight excluding hydrogens is 578 g/mol. The van der Waals surface area contributed by atoms with Gasteiger partial charge in [0.1, 0.15) is 23.9 Å². The van der Waals surface area contributed by atoms with Gasteiger partial charge in [0.05, 0.1) is 20.0 Å². The Labute approximate surface area is 260 Å². The van der Waals surface area contributed by atoms with Crippen LogP contribution in [0.3, 0.4) is 0 Å². The lowest BCUT2D eigenvalue weighted by Crippen LogP contribution is -2.35. The monoisotopic (exact) mass is 619 g/mol. The predicted molar refractivity (Wildman–Crippen MR) is 173 cm³/mol. The van der Waals surface area contributed by atoms with Gasteiger partial charge in [-0.1, -0.05) is 43.2 Å². The van der Waals surface area contributed by atoms with Crippen LogP contribution < -0.4 is 14.2 Å². The number of aliphatic imine (C=N–C) groups is 1. The molecule has 2 aliphatic heterocycles. The molecule has 0 saturated carbocycles. The number of hydrogen-bond donors (Lipinski definition) is 0. The summed E-state index contributed by atoms with van der Waals surface area (Å²) in [5.74, 6) is 1.96. The molecule has 3 aromatic carbocycles. The van der Waals surface area contributed by atoms with Crippen LogP contribution in [0, 0.1) is 0 Å². The van der Waals surface area contributed by atoms with Crippen molar-refractivity contribution in [2.24, 2.45) is 4.99 Å². The average Bonchev–Trinajstić information content (AvgIpc) is 3.07. The molecule has 6 rings (SSSR count). The molecule has 3 aromatic rings. The lowest BCUT2D eigenvalue weighted by atomic mass is 9.70. The van der Waals surface area contributed by atoms with Gasteiger partial charge in [-0.05, 0) is 103 Å². The maximum atomic E-state index is 12.9. The smallest absolute Gasteiger partial charge is 0.293 e. The third-order valence-corrected chi connectivity index (χ3v) is 9.31. The van der Waals surface area contributed by atoms with Gasteiger partial charge in [0.2, 0.25) is 0 Å². The van der Waals surface area contributed by atoms with Crippen LogP contribution in [0.15, 0.2) is 71.7 Å². The molecule has 1 unspecified atom stereocenters. The first-order chi connectivity index (χ1) is 21.4. The molecule has 0 N–H and O–H groups in total. The number of allylic oxidation sites excluding steroid dienone is 1. The van der Waals surface area contributed by atoms with Crippen molar-refractivity contribution in [2.75, 3.05) is 33.1 Å². The van der Waals surface area contributed by atoms with Crippen molar-refractivity contribution < 1.29 is 31.8 Å². The lowest BCUT2D eigenvalue weighted by molar-refractivity contribution is -0.275. The van der Waals surface area contributed by atoms with E-state index in [1.807, 2.05) is 60.8 Å². The van der Waals surface area contributed by atoms with E-state index in [9.17, 15) is 8.42 Å². The topological polar surface area (TPSA) is 92.7 Å². The number of fused-ring (bicyclic) bond motifs is 12. The molecule has 1 atom stereocenters. The second-order valence-corrected chi connectivity index (χ2v) is 12.9. The third kappa shape index (κ3) is 7.17. The van der Waals surface area contributed by atoms with Crippen LogP contribution >= 0.6 is 0 Å². The molecule has 0 fully saturated rings. The lowest BCUT2D eigenvalue weighted by Gasteiger charge is -2.39. The highest BCUT2D eigenvalue weighted by molar-refractivity contribution is 7.86. The van der Waals surface area contributed by atoms with Gasteiger partial charge in [-0.15, -0.1) is 4.33 Å². The van der Waals surface area contributed by atoms with E-state index in [1.54, 1.807) is 21.1 Å². The molecule has 0 amide bonds. The second-order valence-electron chi connectivity index (χ2n) is 11.0. The van der Waals surface area contributed by atoms with E-state index in [1.165, 1.54) is 0 Å².